The molecule has 1 saturated carbocycles. The highest BCUT2D eigenvalue weighted by Gasteiger charge is 2.23. The molecule has 0 radical (unpaired) electrons. The van der Waals surface area contributed by atoms with Gasteiger partial charge in [0, 0.05) is 18.4 Å². The summed E-state index contributed by atoms with van der Waals surface area (Å²) in [6.07, 6.45) is 6.50. The van der Waals surface area contributed by atoms with E-state index >= 15 is 0 Å². The normalized spacial score (nSPS) is 15.1. The van der Waals surface area contributed by atoms with Crippen LogP contribution in [0.15, 0.2) is 24.5 Å². The van der Waals surface area contributed by atoms with Gasteiger partial charge < -0.3 is 9.72 Å². The van der Waals surface area contributed by atoms with Gasteiger partial charge in [0.15, 0.2) is 0 Å². The molecule has 1 aliphatic carbocycles. The van der Waals surface area contributed by atoms with E-state index in [-0.39, 0.29) is 5.91 Å². The number of hydrogen-bond donors (Lipinski definition) is 1. The monoisotopic (exact) mass is 229 g/mol. The van der Waals surface area contributed by atoms with Crippen LogP contribution < -0.4 is 5.32 Å². The summed E-state index contributed by atoms with van der Waals surface area (Å²) in [5, 5.41) is 2.97. The number of fused-ring (bicyclic) bond motifs is 1. The van der Waals surface area contributed by atoms with Crippen LogP contribution in [0, 0.1) is 6.92 Å². The van der Waals surface area contributed by atoms with Crippen molar-refractivity contribution >= 4 is 11.6 Å². The van der Waals surface area contributed by atoms with Crippen LogP contribution in [0.3, 0.4) is 0 Å². The smallest absolute Gasteiger partial charge is 0.226 e. The first-order chi connectivity index (χ1) is 8.20. The molecular formula is C13H15N3O. The van der Waals surface area contributed by atoms with E-state index in [0.29, 0.717) is 12.5 Å². The van der Waals surface area contributed by atoms with Gasteiger partial charge in [0.2, 0.25) is 5.91 Å². The minimum Gasteiger partial charge on any atom is -0.353 e. The van der Waals surface area contributed by atoms with Crippen molar-refractivity contribution in [1.82, 2.24) is 14.7 Å². The number of hydrogen-bond acceptors (Lipinski definition) is 2. The van der Waals surface area contributed by atoms with Crippen LogP contribution in [0.1, 0.15) is 24.1 Å². The molecule has 1 fully saturated rings. The summed E-state index contributed by atoms with van der Waals surface area (Å²) >= 11 is 0. The molecule has 3 rings (SSSR count). The third-order valence-corrected chi connectivity index (χ3v) is 2.95. The summed E-state index contributed by atoms with van der Waals surface area (Å²) in [5.74, 6) is 0.0765. The minimum atomic E-state index is 0.0765. The zero-order chi connectivity index (χ0) is 11.8. The molecule has 17 heavy (non-hydrogen) atoms. The first-order valence-electron chi connectivity index (χ1n) is 5.94. The van der Waals surface area contributed by atoms with Gasteiger partial charge in [-0.1, -0.05) is 0 Å². The summed E-state index contributed by atoms with van der Waals surface area (Å²) < 4.78 is 1.95. The number of rotatable bonds is 3. The number of imidazole rings is 1. The standard InChI is InChI=1S/C13H15N3O/c1-9-4-5-16-8-11(14-12(16)6-9)7-13(17)15-10-2-3-10/h4-6,8,10H,2-3,7H2,1H3,(H,15,17). The molecule has 1 amide bonds. The van der Waals surface area contributed by atoms with E-state index in [1.54, 1.807) is 0 Å². The maximum Gasteiger partial charge on any atom is 0.226 e. The number of carbonyl (C=O) groups is 1. The van der Waals surface area contributed by atoms with Gasteiger partial charge in [-0.15, -0.1) is 0 Å². The van der Waals surface area contributed by atoms with Crippen molar-refractivity contribution < 1.29 is 4.79 Å². The van der Waals surface area contributed by atoms with Crippen molar-refractivity contribution in [2.75, 3.05) is 0 Å². The van der Waals surface area contributed by atoms with Gasteiger partial charge in [0.25, 0.3) is 0 Å². The fraction of sp³-hybridized carbons (Fsp3) is 0.385. The summed E-state index contributed by atoms with van der Waals surface area (Å²) in [5.41, 5.74) is 2.91. The van der Waals surface area contributed by atoms with Crippen molar-refractivity contribution in [1.29, 1.82) is 0 Å². The number of carbonyl (C=O) groups excluding carboxylic acids is 1. The fourth-order valence-electron chi connectivity index (χ4n) is 1.89. The lowest BCUT2D eigenvalue weighted by Gasteiger charge is -1.99. The lowest BCUT2D eigenvalue weighted by Crippen LogP contribution is -2.27. The van der Waals surface area contributed by atoms with E-state index in [2.05, 4.69) is 10.3 Å². The summed E-state index contributed by atoms with van der Waals surface area (Å²) in [6, 6.07) is 4.46. The Morgan fingerprint density at radius 1 is 1.59 bits per heavy atom. The van der Waals surface area contributed by atoms with Gasteiger partial charge >= 0.3 is 0 Å². The third kappa shape index (κ3) is 2.30. The van der Waals surface area contributed by atoms with Gasteiger partial charge in [0.1, 0.15) is 5.65 Å². The Morgan fingerprint density at radius 3 is 3.18 bits per heavy atom. The quantitative estimate of drug-likeness (QED) is 0.866. The predicted molar refractivity (Wildman–Crippen MR) is 64.8 cm³/mol. The molecule has 4 heteroatoms. The molecule has 0 saturated heterocycles. The second-order valence-corrected chi connectivity index (χ2v) is 4.72. The average Bonchev–Trinajstić information content (AvgIpc) is 2.97. The number of amides is 1. The molecule has 4 nitrogen and oxygen atoms in total. The zero-order valence-corrected chi connectivity index (χ0v) is 9.81. The van der Waals surface area contributed by atoms with Crippen LogP contribution in [-0.2, 0) is 11.2 Å². The van der Waals surface area contributed by atoms with Crippen LogP contribution in [0.5, 0.6) is 0 Å². The van der Waals surface area contributed by atoms with Crippen LogP contribution in [0.2, 0.25) is 0 Å². The molecule has 0 spiro atoms. The molecule has 1 aliphatic rings. The van der Waals surface area contributed by atoms with E-state index in [1.807, 2.05) is 35.9 Å². The average molecular weight is 229 g/mol. The maximum atomic E-state index is 11.6. The van der Waals surface area contributed by atoms with Crippen LogP contribution in [0.4, 0.5) is 0 Å². The summed E-state index contributed by atoms with van der Waals surface area (Å²) in [6.45, 7) is 2.04. The topological polar surface area (TPSA) is 46.4 Å². The molecule has 2 aromatic rings. The molecule has 1 N–H and O–H groups in total. The Bertz CT molecular complexity index is 569. The lowest BCUT2D eigenvalue weighted by molar-refractivity contribution is -0.120. The number of aryl methyl sites for hydroxylation is 1. The van der Waals surface area contributed by atoms with Gasteiger partial charge in [-0.3, -0.25) is 4.79 Å². The maximum absolute atomic E-state index is 11.6. The van der Waals surface area contributed by atoms with Crippen LogP contribution >= 0.6 is 0 Å². The van der Waals surface area contributed by atoms with Crippen molar-refractivity contribution in [3.8, 4) is 0 Å². The van der Waals surface area contributed by atoms with E-state index < -0.39 is 0 Å². The zero-order valence-electron chi connectivity index (χ0n) is 9.81. The first kappa shape index (κ1) is 10.3. The van der Waals surface area contributed by atoms with Crippen molar-refractivity contribution in [2.24, 2.45) is 0 Å². The largest absolute Gasteiger partial charge is 0.353 e. The molecule has 0 atom stereocenters. The Balaban J connectivity index is 1.77. The Morgan fingerprint density at radius 2 is 2.41 bits per heavy atom. The van der Waals surface area contributed by atoms with Gasteiger partial charge in [-0.2, -0.15) is 0 Å². The molecule has 0 unspecified atom stereocenters. The number of pyridine rings is 1. The van der Waals surface area contributed by atoms with E-state index in [1.165, 1.54) is 5.56 Å². The lowest BCUT2D eigenvalue weighted by atomic mass is 10.3. The number of nitrogens with one attached hydrogen (secondary N) is 1. The minimum absolute atomic E-state index is 0.0765. The molecule has 0 aliphatic heterocycles. The highest BCUT2D eigenvalue weighted by Crippen LogP contribution is 2.18. The fourth-order valence-corrected chi connectivity index (χ4v) is 1.89. The highest BCUT2D eigenvalue weighted by molar-refractivity contribution is 5.78. The molecule has 0 bridgehead atoms. The predicted octanol–water partition coefficient (Wildman–Crippen LogP) is 1.46. The number of nitrogens with zero attached hydrogens (tertiary/aromatic N) is 2. The first-order valence-corrected chi connectivity index (χ1v) is 5.94. The van der Waals surface area contributed by atoms with Crippen molar-refractivity contribution in [3.63, 3.8) is 0 Å². The number of aromatic nitrogens is 2. The second kappa shape index (κ2) is 3.87. The second-order valence-electron chi connectivity index (χ2n) is 4.72. The molecule has 2 heterocycles. The van der Waals surface area contributed by atoms with Crippen LogP contribution in [-0.4, -0.2) is 21.3 Å². The van der Waals surface area contributed by atoms with E-state index in [0.717, 1.165) is 24.2 Å². The molecule has 0 aromatic carbocycles. The SMILES string of the molecule is Cc1ccn2cc(CC(=O)NC3CC3)nc2c1. The third-order valence-electron chi connectivity index (χ3n) is 2.95. The van der Waals surface area contributed by atoms with Crippen LogP contribution in [0.25, 0.3) is 5.65 Å². The van der Waals surface area contributed by atoms with Gasteiger partial charge in [-0.05, 0) is 37.5 Å². The molecular weight excluding hydrogens is 214 g/mol. The van der Waals surface area contributed by atoms with Crippen molar-refractivity contribution in [3.05, 3.63) is 35.8 Å². The molecule has 2 aromatic heterocycles. The Labute approximate surface area is 99.7 Å². The van der Waals surface area contributed by atoms with Gasteiger partial charge in [0.05, 0.1) is 12.1 Å². The Kier molecular flexibility index (Phi) is 2.35. The summed E-state index contributed by atoms with van der Waals surface area (Å²) in [4.78, 5) is 16.1. The van der Waals surface area contributed by atoms with E-state index in [4.69, 9.17) is 0 Å². The van der Waals surface area contributed by atoms with Gasteiger partial charge in [-0.25, -0.2) is 4.98 Å². The Hall–Kier alpha value is -1.84. The summed E-state index contributed by atoms with van der Waals surface area (Å²) in [7, 11) is 0. The van der Waals surface area contributed by atoms with Crippen molar-refractivity contribution in [2.45, 2.75) is 32.2 Å². The molecule has 88 valence electrons. The highest BCUT2D eigenvalue weighted by atomic mass is 16.1. The van der Waals surface area contributed by atoms with E-state index in [9.17, 15) is 4.79 Å².